The van der Waals surface area contributed by atoms with Crippen molar-refractivity contribution in [1.82, 2.24) is 9.78 Å². The second kappa shape index (κ2) is 4.65. The number of carbonyl (C=O) groups is 1. The zero-order valence-corrected chi connectivity index (χ0v) is 10.2. The number of benzene rings is 1. The average Bonchev–Trinajstić information content (AvgIpc) is 3.05. The second-order valence-electron chi connectivity index (χ2n) is 4.14. The first-order chi connectivity index (χ1) is 9.63. The molecule has 0 bridgehead atoms. The molecule has 20 heavy (non-hydrogen) atoms. The number of rotatable bonds is 4. The van der Waals surface area contributed by atoms with Gasteiger partial charge in [-0.1, -0.05) is 0 Å². The van der Waals surface area contributed by atoms with Gasteiger partial charge in [-0.05, 0) is 18.2 Å². The molecule has 0 saturated heterocycles. The third-order valence-electron chi connectivity index (χ3n) is 2.83. The van der Waals surface area contributed by atoms with Crippen molar-refractivity contribution >= 4 is 11.5 Å². The predicted molar refractivity (Wildman–Crippen MR) is 65.8 cm³/mol. The van der Waals surface area contributed by atoms with Gasteiger partial charge in [0.15, 0.2) is 17.3 Å². The molecule has 0 unspecified atom stereocenters. The molecule has 102 valence electrons. The van der Waals surface area contributed by atoms with Gasteiger partial charge >= 0.3 is 5.69 Å². The smallest absolute Gasteiger partial charge is 0.307 e. The topological polar surface area (TPSA) is 96.5 Å². The summed E-state index contributed by atoms with van der Waals surface area (Å²) in [7, 11) is 0. The number of carbonyl (C=O) groups excluding carboxylic acids is 1. The van der Waals surface area contributed by atoms with Crippen molar-refractivity contribution in [2.24, 2.45) is 0 Å². The highest BCUT2D eigenvalue weighted by Gasteiger charge is 2.17. The Bertz CT molecular complexity index is 694. The number of nitro groups is 1. The van der Waals surface area contributed by atoms with Crippen LogP contribution >= 0.6 is 0 Å². The second-order valence-corrected chi connectivity index (χ2v) is 4.14. The van der Waals surface area contributed by atoms with Crippen LogP contribution in [-0.2, 0) is 6.54 Å². The standard InChI is InChI=1S/C12H9N3O5/c16-10(6-14-5-9(4-13-14)15(17)18)8-1-2-11-12(3-8)20-7-19-11/h1-5H,6-7H2. The molecule has 1 aromatic carbocycles. The van der Waals surface area contributed by atoms with E-state index >= 15 is 0 Å². The van der Waals surface area contributed by atoms with Crippen molar-refractivity contribution in [3.8, 4) is 11.5 Å². The van der Waals surface area contributed by atoms with E-state index in [0.717, 1.165) is 6.20 Å². The Hall–Kier alpha value is -2.90. The van der Waals surface area contributed by atoms with Gasteiger partial charge in [0.2, 0.25) is 6.79 Å². The highest BCUT2D eigenvalue weighted by molar-refractivity contribution is 5.96. The van der Waals surface area contributed by atoms with Gasteiger partial charge in [-0.15, -0.1) is 0 Å². The molecular formula is C12H9N3O5. The molecule has 0 atom stereocenters. The summed E-state index contributed by atoms with van der Waals surface area (Å²) in [5.74, 6) is 0.889. The summed E-state index contributed by atoms with van der Waals surface area (Å²) in [4.78, 5) is 22.0. The van der Waals surface area contributed by atoms with Crippen molar-refractivity contribution in [1.29, 1.82) is 0 Å². The number of nitrogens with zero attached hydrogens (tertiary/aromatic N) is 3. The van der Waals surface area contributed by atoms with Crippen LogP contribution in [0.2, 0.25) is 0 Å². The molecule has 0 amide bonds. The van der Waals surface area contributed by atoms with Gasteiger partial charge in [-0.25, -0.2) is 0 Å². The van der Waals surface area contributed by atoms with Crippen LogP contribution in [0.25, 0.3) is 0 Å². The van der Waals surface area contributed by atoms with Gasteiger partial charge < -0.3 is 9.47 Å². The summed E-state index contributed by atoms with van der Waals surface area (Å²) in [6.45, 7) is 0.0613. The van der Waals surface area contributed by atoms with E-state index in [4.69, 9.17) is 9.47 Å². The van der Waals surface area contributed by atoms with Gasteiger partial charge in [0.1, 0.15) is 18.9 Å². The Morgan fingerprint density at radius 2 is 2.20 bits per heavy atom. The number of ketones is 1. The van der Waals surface area contributed by atoms with Gasteiger partial charge in [-0.2, -0.15) is 5.10 Å². The molecule has 1 aromatic heterocycles. The molecular weight excluding hydrogens is 266 g/mol. The molecule has 2 aromatic rings. The molecule has 0 fully saturated rings. The summed E-state index contributed by atoms with van der Waals surface area (Å²) in [5.41, 5.74) is 0.288. The van der Waals surface area contributed by atoms with E-state index in [1.807, 2.05) is 0 Å². The number of Topliss-reactive ketones (excluding diaryl/α,β-unsaturated/α-hetero) is 1. The first-order valence-electron chi connectivity index (χ1n) is 5.73. The SMILES string of the molecule is O=C(Cn1cc([N+](=O)[O-])cn1)c1ccc2c(c1)OCO2. The molecule has 0 spiro atoms. The zero-order valence-electron chi connectivity index (χ0n) is 10.2. The van der Waals surface area contributed by atoms with E-state index in [1.54, 1.807) is 18.2 Å². The van der Waals surface area contributed by atoms with Gasteiger partial charge in [-0.3, -0.25) is 19.6 Å². The van der Waals surface area contributed by atoms with Crippen LogP contribution in [0, 0.1) is 10.1 Å². The van der Waals surface area contributed by atoms with E-state index in [-0.39, 0.29) is 24.8 Å². The molecule has 8 nitrogen and oxygen atoms in total. The van der Waals surface area contributed by atoms with E-state index in [1.165, 1.54) is 10.9 Å². The first kappa shape index (κ1) is 12.2. The van der Waals surface area contributed by atoms with E-state index in [2.05, 4.69) is 5.10 Å². The number of hydrogen-bond acceptors (Lipinski definition) is 6. The minimum atomic E-state index is -0.561. The molecule has 2 heterocycles. The Morgan fingerprint density at radius 1 is 1.40 bits per heavy atom. The van der Waals surface area contributed by atoms with Crippen LogP contribution < -0.4 is 9.47 Å². The number of hydrogen-bond donors (Lipinski definition) is 0. The lowest BCUT2D eigenvalue weighted by atomic mass is 10.1. The van der Waals surface area contributed by atoms with Crippen LogP contribution in [0.1, 0.15) is 10.4 Å². The normalized spacial score (nSPS) is 12.4. The number of fused-ring (bicyclic) bond motifs is 1. The minimum absolute atomic E-state index is 0.0759. The molecule has 0 aliphatic carbocycles. The third-order valence-corrected chi connectivity index (χ3v) is 2.83. The van der Waals surface area contributed by atoms with E-state index in [9.17, 15) is 14.9 Å². The third kappa shape index (κ3) is 2.18. The molecule has 0 N–H and O–H groups in total. The average molecular weight is 275 g/mol. The molecule has 0 radical (unpaired) electrons. The summed E-state index contributed by atoms with van der Waals surface area (Å²) in [5, 5.41) is 14.3. The van der Waals surface area contributed by atoms with Crippen LogP contribution in [0.3, 0.4) is 0 Å². The van der Waals surface area contributed by atoms with E-state index < -0.39 is 4.92 Å². The quantitative estimate of drug-likeness (QED) is 0.475. The number of aromatic nitrogens is 2. The fourth-order valence-electron chi connectivity index (χ4n) is 1.84. The Kier molecular flexibility index (Phi) is 2.82. The van der Waals surface area contributed by atoms with E-state index in [0.29, 0.717) is 17.1 Å². The van der Waals surface area contributed by atoms with Crippen molar-refractivity contribution < 1.29 is 19.2 Å². The molecule has 8 heteroatoms. The Morgan fingerprint density at radius 3 is 2.95 bits per heavy atom. The van der Waals surface area contributed by atoms with Gasteiger partial charge in [0, 0.05) is 5.56 Å². The lowest BCUT2D eigenvalue weighted by Crippen LogP contribution is -2.10. The summed E-state index contributed by atoms with van der Waals surface area (Å²) in [6.07, 6.45) is 2.32. The maximum Gasteiger partial charge on any atom is 0.307 e. The van der Waals surface area contributed by atoms with Crippen LogP contribution in [0.5, 0.6) is 11.5 Å². The first-order valence-corrected chi connectivity index (χ1v) is 5.73. The van der Waals surface area contributed by atoms with Gasteiger partial charge in [0.25, 0.3) is 0 Å². The van der Waals surface area contributed by atoms with Crippen molar-refractivity contribution in [3.05, 3.63) is 46.3 Å². The summed E-state index contributed by atoms with van der Waals surface area (Å²) in [6, 6.07) is 4.86. The largest absolute Gasteiger partial charge is 0.454 e. The Labute approximate surface area is 112 Å². The van der Waals surface area contributed by atoms with Crippen molar-refractivity contribution in [2.45, 2.75) is 6.54 Å². The lowest BCUT2D eigenvalue weighted by Gasteiger charge is -2.02. The molecule has 0 saturated carbocycles. The molecule has 3 rings (SSSR count). The van der Waals surface area contributed by atoms with Crippen molar-refractivity contribution in [3.63, 3.8) is 0 Å². The minimum Gasteiger partial charge on any atom is -0.454 e. The highest BCUT2D eigenvalue weighted by atomic mass is 16.7. The predicted octanol–water partition coefficient (Wildman–Crippen LogP) is 1.40. The molecule has 1 aliphatic rings. The Balaban J connectivity index is 1.77. The zero-order chi connectivity index (χ0) is 14.1. The molecule has 1 aliphatic heterocycles. The van der Waals surface area contributed by atoms with Crippen LogP contribution in [-0.4, -0.2) is 27.3 Å². The lowest BCUT2D eigenvalue weighted by molar-refractivity contribution is -0.385. The van der Waals surface area contributed by atoms with Crippen LogP contribution in [0.15, 0.2) is 30.6 Å². The van der Waals surface area contributed by atoms with Gasteiger partial charge in [0.05, 0.1) is 4.92 Å². The fraction of sp³-hybridized carbons (Fsp3) is 0.167. The maximum atomic E-state index is 12.1. The highest BCUT2D eigenvalue weighted by Crippen LogP contribution is 2.32. The number of ether oxygens (including phenoxy) is 2. The fourth-order valence-corrected chi connectivity index (χ4v) is 1.84. The summed E-state index contributed by atoms with van der Waals surface area (Å²) < 4.78 is 11.6. The summed E-state index contributed by atoms with van der Waals surface area (Å²) >= 11 is 0. The maximum absolute atomic E-state index is 12.1. The van der Waals surface area contributed by atoms with Crippen LogP contribution in [0.4, 0.5) is 5.69 Å². The monoisotopic (exact) mass is 275 g/mol. The van der Waals surface area contributed by atoms with Crippen molar-refractivity contribution in [2.75, 3.05) is 6.79 Å².